The van der Waals surface area contributed by atoms with E-state index in [4.69, 9.17) is 10.00 Å². The van der Waals surface area contributed by atoms with Gasteiger partial charge in [0.15, 0.2) is 6.61 Å². The van der Waals surface area contributed by atoms with Crippen molar-refractivity contribution in [3.05, 3.63) is 34.1 Å². The monoisotopic (exact) mass is 281 g/mol. The van der Waals surface area contributed by atoms with Crippen LogP contribution >= 0.6 is 0 Å². The molecular weight excluding hydrogens is 269 g/mol. The van der Waals surface area contributed by atoms with Gasteiger partial charge in [-0.1, -0.05) is 0 Å². The molecular formula is C12H12FN3O4. The van der Waals surface area contributed by atoms with E-state index in [9.17, 15) is 19.3 Å². The van der Waals surface area contributed by atoms with Gasteiger partial charge in [-0.2, -0.15) is 9.65 Å². The SMILES string of the molecule is CN(CCC#N)C(=O)COc1ccc([N+](=O)[O-])c(F)c1. The first kappa shape index (κ1) is 15.4. The molecule has 0 unspecified atom stereocenters. The molecule has 1 amide bonds. The minimum atomic E-state index is -1.03. The van der Waals surface area contributed by atoms with Crippen LogP contribution in [0.4, 0.5) is 10.1 Å². The van der Waals surface area contributed by atoms with Crippen molar-refractivity contribution < 1.29 is 18.8 Å². The average molecular weight is 281 g/mol. The molecule has 0 atom stereocenters. The summed E-state index contributed by atoms with van der Waals surface area (Å²) in [6.07, 6.45) is 0.203. The van der Waals surface area contributed by atoms with Gasteiger partial charge in [-0.25, -0.2) is 0 Å². The van der Waals surface area contributed by atoms with Crippen molar-refractivity contribution in [1.82, 2.24) is 4.90 Å². The summed E-state index contributed by atoms with van der Waals surface area (Å²) in [5, 5.41) is 18.8. The number of carbonyl (C=O) groups is 1. The van der Waals surface area contributed by atoms with Crippen molar-refractivity contribution in [2.45, 2.75) is 6.42 Å². The molecule has 0 aliphatic carbocycles. The lowest BCUT2D eigenvalue weighted by Crippen LogP contribution is -2.32. The number of nitro benzene ring substituents is 1. The van der Waals surface area contributed by atoms with E-state index in [1.54, 1.807) is 0 Å². The minimum absolute atomic E-state index is 0.0233. The number of amides is 1. The molecule has 1 aromatic rings. The Kier molecular flexibility index (Phi) is 5.41. The number of nitro groups is 1. The Morgan fingerprint density at radius 2 is 2.30 bits per heavy atom. The third-order valence-electron chi connectivity index (χ3n) is 2.46. The number of hydrogen-bond acceptors (Lipinski definition) is 5. The van der Waals surface area contributed by atoms with Gasteiger partial charge in [0.05, 0.1) is 17.4 Å². The van der Waals surface area contributed by atoms with E-state index in [-0.39, 0.29) is 31.2 Å². The molecule has 0 saturated heterocycles. The van der Waals surface area contributed by atoms with Gasteiger partial charge in [0, 0.05) is 25.7 Å². The standard InChI is InChI=1S/C12H12FN3O4/c1-15(6-2-5-14)12(17)8-20-9-3-4-11(16(18)19)10(13)7-9/h3-4,7H,2,6,8H2,1H3. The van der Waals surface area contributed by atoms with E-state index in [0.717, 1.165) is 12.1 Å². The molecule has 0 heterocycles. The molecule has 0 aliphatic heterocycles. The quantitative estimate of drug-likeness (QED) is 0.581. The summed E-state index contributed by atoms with van der Waals surface area (Å²) in [4.78, 5) is 22.5. The molecule has 1 aromatic carbocycles. The number of halogens is 1. The number of hydrogen-bond donors (Lipinski definition) is 0. The van der Waals surface area contributed by atoms with Gasteiger partial charge < -0.3 is 9.64 Å². The van der Waals surface area contributed by atoms with E-state index in [0.29, 0.717) is 0 Å². The van der Waals surface area contributed by atoms with Gasteiger partial charge in [0.1, 0.15) is 5.75 Å². The highest BCUT2D eigenvalue weighted by molar-refractivity contribution is 5.77. The van der Waals surface area contributed by atoms with Gasteiger partial charge in [0.25, 0.3) is 5.91 Å². The highest BCUT2D eigenvalue weighted by atomic mass is 19.1. The largest absolute Gasteiger partial charge is 0.484 e. The molecule has 0 spiro atoms. The van der Waals surface area contributed by atoms with Crippen LogP contribution in [0.5, 0.6) is 5.75 Å². The summed E-state index contributed by atoms with van der Waals surface area (Å²) < 4.78 is 18.3. The maximum absolute atomic E-state index is 13.3. The summed E-state index contributed by atoms with van der Waals surface area (Å²) in [7, 11) is 1.51. The summed E-state index contributed by atoms with van der Waals surface area (Å²) in [6, 6.07) is 4.93. The third-order valence-corrected chi connectivity index (χ3v) is 2.46. The average Bonchev–Trinajstić information content (AvgIpc) is 2.41. The van der Waals surface area contributed by atoms with E-state index in [1.807, 2.05) is 6.07 Å². The van der Waals surface area contributed by atoms with Crippen LogP contribution in [0.2, 0.25) is 0 Å². The molecule has 0 bridgehead atoms. The minimum Gasteiger partial charge on any atom is -0.484 e. The first-order chi connectivity index (χ1) is 9.45. The van der Waals surface area contributed by atoms with E-state index < -0.39 is 16.4 Å². The lowest BCUT2D eigenvalue weighted by Gasteiger charge is -2.15. The van der Waals surface area contributed by atoms with Crippen LogP contribution in [0.15, 0.2) is 18.2 Å². The van der Waals surface area contributed by atoms with E-state index in [1.165, 1.54) is 18.0 Å². The second-order valence-corrected chi connectivity index (χ2v) is 3.88. The van der Waals surface area contributed by atoms with Crippen LogP contribution in [0.1, 0.15) is 6.42 Å². The molecule has 106 valence electrons. The Hall–Kier alpha value is -2.69. The predicted octanol–water partition coefficient (Wildman–Crippen LogP) is 1.48. The second kappa shape index (κ2) is 7.04. The van der Waals surface area contributed by atoms with Crippen molar-refractivity contribution in [1.29, 1.82) is 5.26 Å². The number of carbonyl (C=O) groups excluding carboxylic acids is 1. The van der Waals surface area contributed by atoms with Crippen LogP contribution in [0.25, 0.3) is 0 Å². The zero-order valence-electron chi connectivity index (χ0n) is 10.7. The van der Waals surface area contributed by atoms with Crippen molar-refractivity contribution in [3.63, 3.8) is 0 Å². The molecule has 0 N–H and O–H groups in total. The molecule has 20 heavy (non-hydrogen) atoms. The smallest absolute Gasteiger partial charge is 0.305 e. The summed E-state index contributed by atoms with van der Waals surface area (Å²) >= 11 is 0. The highest BCUT2D eigenvalue weighted by Gasteiger charge is 2.15. The van der Waals surface area contributed by atoms with E-state index in [2.05, 4.69) is 0 Å². The number of rotatable bonds is 6. The normalized spacial score (nSPS) is 9.65. The lowest BCUT2D eigenvalue weighted by atomic mass is 10.3. The highest BCUT2D eigenvalue weighted by Crippen LogP contribution is 2.22. The summed E-state index contributed by atoms with van der Waals surface area (Å²) in [5.74, 6) is -1.38. The molecule has 0 aliphatic rings. The Labute approximate surface area is 114 Å². The zero-order chi connectivity index (χ0) is 15.1. The number of nitrogens with zero attached hydrogens (tertiary/aromatic N) is 3. The van der Waals surface area contributed by atoms with Crippen LogP contribution in [-0.4, -0.2) is 35.9 Å². The van der Waals surface area contributed by atoms with Gasteiger partial charge in [-0.05, 0) is 6.07 Å². The number of likely N-dealkylation sites (N-methyl/N-ethyl adjacent to an activating group) is 1. The number of nitriles is 1. The van der Waals surface area contributed by atoms with Gasteiger partial charge >= 0.3 is 5.69 Å². The molecule has 0 radical (unpaired) electrons. The Morgan fingerprint density at radius 3 is 2.85 bits per heavy atom. The summed E-state index contributed by atoms with van der Waals surface area (Å²) in [5.41, 5.74) is -0.658. The Balaban J connectivity index is 2.58. The number of benzene rings is 1. The van der Waals surface area contributed by atoms with Gasteiger partial charge in [-0.3, -0.25) is 14.9 Å². The van der Waals surface area contributed by atoms with Crippen LogP contribution in [0.3, 0.4) is 0 Å². The fourth-order valence-electron chi connectivity index (χ4n) is 1.32. The van der Waals surface area contributed by atoms with E-state index >= 15 is 0 Å². The maximum atomic E-state index is 13.3. The lowest BCUT2D eigenvalue weighted by molar-refractivity contribution is -0.387. The first-order valence-corrected chi connectivity index (χ1v) is 5.63. The zero-order valence-corrected chi connectivity index (χ0v) is 10.7. The first-order valence-electron chi connectivity index (χ1n) is 5.63. The molecule has 7 nitrogen and oxygen atoms in total. The maximum Gasteiger partial charge on any atom is 0.305 e. The van der Waals surface area contributed by atoms with Crippen LogP contribution in [-0.2, 0) is 4.79 Å². The molecule has 8 heteroatoms. The fraction of sp³-hybridized carbons (Fsp3) is 0.333. The molecule has 0 saturated carbocycles. The van der Waals surface area contributed by atoms with Crippen LogP contribution < -0.4 is 4.74 Å². The Morgan fingerprint density at radius 1 is 1.60 bits per heavy atom. The second-order valence-electron chi connectivity index (χ2n) is 3.88. The van der Waals surface area contributed by atoms with Crippen molar-refractivity contribution in [2.24, 2.45) is 0 Å². The van der Waals surface area contributed by atoms with Gasteiger partial charge in [-0.15, -0.1) is 0 Å². The predicted molar refractivity (Wildman–Crippen MR) is 66.4 cm³/mol. The fourth-order valence-corrected chi connectivity index (χ4v) is 1.32. The van der Waals surface area contributed by atoms with Crippen LogP contribution in [0, 0.1) is 27.3 Å². The summed E-state index contributed by atoms with van der Waals surface area (Å²) in [6.45, 7) is -0.0630. The topological polar surface area (TPSA) is 96.5 Å². The number of ether oxygens (including phenoxy) is 1. The molecule has 0 aromatic heterocycles. The molecule has 0 fully saturated rings. The van der Waals surface area contributed by atoms with Crippen molar-refractivity contribution >= 4 is 11.6 Å². The third kappa shape index (κ3) is 4.20. The van der Waals surface area contributed by atoms with Crippen molar-refractivity contribution in [3.8, 4) is 11.8 Å². The van der Waals surface area contributed by atoms with Crippen molar-refractivity contribution in [2.75, 3.05) is 20.2 Å². The Bertz CT molecular complexity index is 556. The molecule has 1 rings (SSSR count). The van der Waals surface area contributed by atoms with Gasteiger partial charge in [0.2, 0.25) is 5.82 Å².